The number of hydrogen-bond acceptors (Lipinski definition) is 2. The molecule has 0 unspecified atom stereocenters. The quantitative estimate of drug-likeness (QED) is 0.640. The number of carbonyl (C=O) groups is 1. The molecular weight excluding hydrogens is 147 g/mol. The fourth-order valence-electron chi connectivity index (χ4n) is 0.214. The molecule has 0 atom stereocenters. The second kappa shape index (κ2) is 9.97. The first-order chi connectivity index (χ1) is 3.77. The van der Waals surface area contributed by atoms with Crippen LogP contribution in [0.1, 0.15) is 19.8 Å². The molecule has 0 bridgehead atoms. The third-order valence-corrected chi connectivity index (χ3v) is 0.464. The van der Waals surface area contributed by atoms with Crippen molar-refractivity contribution in [2.75, 3.05) is 0 Å². The van der Waals surface area contributed by atoms with Crippen LogP contribution in [0.4, 0.5) is 0 Å². The zero-order valence-electron chi connectivity index (χ0n) is 4.63. The molecule has 0 aliphatic carbocycles. The van der Waals surface area contributed by atoms with Crippen molar-refractivity contribution >= 4 is 5.97 Å². The van der Waals surface area contributed by atoms with Crippen molar-refractivity contribution in [1.29, 1.82) is 0 Å². The van der Waals surface area contributed by atoms with Crippen LogP contribution in [0, 0.1) is 0 Å². The summed E-state index contributed by atoms with van der Waals surface area (Å²) in [5, 5.41) is 7.91. The zero-order chi connectivity index (χ0) is 6.99. The van der Waals surface area contributed by atoms with Gasteiger partial charge in [0.05, 0.1) is 0 Å². The van der Waals surface area contributed by atoms with Gasteiger partial charge >= 0.3 is 27.0 Å². The Bertz CT molecular complexity index is 64.3. The standard InChI is InChI=1S/C4H8O2.O.V/c1-2-3-4(5)6;;/h2-3H2,1H3,(H,5,6);;. The maximum atomic E-state index is 9.60. The molecule has 0 fully saturated rings. The first-order valence-electron chi connectivity index (χ1n) is 2.17. The average Bonchev–Trinajstić information content (AvgIpc) is 1.72. The molecule has 4 heteroatoms. The molecule has 0 radical (unpaired) electrons. The van der Waals surface area contributed by atoms with E-state index in [-0.39, 0.29) is 0 Å². The Morgan fingerprint density at radius 2 is 2.00 bits per heavy atom. The minimum atomic E-state index is -0.711. The van der Waals surface area contributed by atoms with Crippen molar-refractivity contribution in [3.8, 4) is 0 Å². The van der Waals surface area contributed by atoms with Gasteiger partial charge in [-0.25, -0.2) is 0 Å². The predicted octanol–water partition coefficient (Wildman–Crippen LogP) is 0.750. The maximum absolute atomic E-state index is 9.60. The van der Waals surface area contributed by atoms with Crippen LogP contribution in [-0.4, -0.2) is 11.1 Å². The molecule has 0 amide bonds. The molecule has 0 rings (SSSR count). The average molecular weight is 155 g/mol. The summed E-state index contributed by atoms with van der Waals surface area (Å²) in [5.74, 6) is -0.711. The van der Waals surface area contributed by atoms with E-state index in [1.54, 1.807) is 0 Å². The Balaban J connectivity index is 0. The van der Waals surface area contributed by atoms with Crippen LogP contribution in [0.25, 0.3) is 0 Å². The molecule has 0 aromatic heterocycles. The molecule has 0 aliphatic rings. The topological polar surface area (TPSA) is 54.4 Å². The summed E-state index contributed by atoms with van der Waals surface area (Å²) < 4.78 is 8.19. The monoisotopic (exact) mass is 155 g/mol. The van der Waals surface area contributed by atoms with Crippen molar-refractivity contribution in [3.63, 3.8) is 0 Å². The number of carboxylic acids is 1. The van der Waals surface area contributed by atoms with Gasteiger partial charge in [-0.3, -0.25) is 4.79 Å². The van der Waals surface area contributed by atoms with Gasteiger partial charge < -0.3 is 5.11 Å². The third kappa shape index (κ3) is 16.9. The van der Waals surface area contributed by atoms with Crippen molar-refractivity contribution in [2.24, 2.45) is 0 Å². The summed E-state index contributed by atoms with van der Waals surface area (Å²) in [6.07, 6.45) is 1.02. The molecule has 0 saturated carbocycles. The number of hydrogen-bond donors (Lipinski definition) is 1. The Kier molecular flexibility index (Phi) is 13.4. The molecule has 0 saturated heterocycles. The second-order valence-electron chi connectivity index (χ2n) is 1.14. The van der Waals surface area contributed by atoms with E-state index < -0.39 is 5.97 Å². The summed E-state index contributed by atoms with van der Waals surface area (Å²) in [6, 6.07) is 0. The molecule has 0 aromatic carbocycles. The van der Waals surface area contributed by atoms with Crippen LogP contribution in [0.15, 0.2) is 0 Å². The third-order valence-electron chi connectivity index (χ3n) is 0.464. The van der Waals surface area contributed by atoms with E-state index in [2.05, 4.69) is 0 Å². The molecular formula is C4H8O3V. The molecule has 8 heavy (non-hydrogen) atoms. The van der Waals surface area contributed by atoms with Crippen LogP contribution in [0.3, 0.4) is 0 Å². The van der Waals surface area contributed by atoms with E-state index in [0.29, 0.717) is 6.42 Å². The molecule has 1 N–H and O–H groups in total. The number of rotatable bonds is 2. The van der Waals surface area contributed by atoms with Gasteiger partial charge in [0.2, 0.25) is 0 Å². The molecule has 0 heterocycles. The summed E-state index contributed by atoms with van der Waals surface area (Å²) in [6.45, 7) is 1.84. The van der Waals surface area contributed by atoms with Gasteiger partial charge in [-0.15, -0.1) is 0 Å². The van der Waals surface area contributed by atoms with E-state index in [0.717, 1.165) is 23.8 Å². The molecule has 3 nitrogen and oxygen atoms in total. The molecule has 47 valence electrons. The first kappa shape index (κ1) is 10.8. The Morgan fingerprint density at radius 1 is 1.62 bits per heavy atom. The number of aliphatic carboxylic acids is 1. The zero-order valence-corrected chi connectivity index (χ0v) is 6.02. The first-order valence-corrected chi connectivity index (χ1v) is 2.74. The molecule has 0 aromatic rings. The summed E-state index contributed by atoms with van der Waals surface area (Å²) in [7, 11) is 0. The van der Waals surface area contributed by atoms with Gasteiger partial charge in [0.25, 0.3) is 0 Å². The van der Waals surface area contributed by atoms with Gasteiger partial charge in [0.1, 0.15) is 0 Å². The van der Waals surface area contributed by atoms with Crippen LogP contribution in [0.2, 0.25) is 0 Å². The minimum absolute atomic E-state index is 0.292. The summed E-state index contributed by atoms with van der Waals surface area (Å²) in [5.41, 5.74) is 0. The normalized spacial score (nSPS) is 6.50. The van der Waals surface area contributed by atoms with Crippen molar-refractivity contribution < 1.29 is 30.9 Å². The van der Waals surface area contributed by atoms with Crippen molar-refractivity contribution in [1.82, 2.24) is 0 Å². The van der Waals surface area contributed by atoms with Crippen LogP contribution in [-0.2, 0) is 25.8 Å². The van der Waals surface area contributed by atoms with Gasteiger partial charge in [-0.2, -0.15) is 0 Å². The second-order valence-corrected chi connectivity index (χ2v) is 1.14. The van der Waals surface area contributed by atoms with E-state index in [1.165, 1.54) is 0 Å². The van der Waals surface area contributed by atoms with E-state index in [9.17, 15) is 4.79 Å². The molecule has 0 spiro atoms. The van der Waals surface area contributed by atoms with E-state index in [1.807, 2.05) is 6.92 Å². The Labute approximate surface area is 57.3 Å². The van der Waals surface area contributed by atoms with Gasteiger partial charge in [0.15, 0.2) is 0 Å². The predicted molar refractivity (Wildman–Crippen MR) is 23.2 cm³/mol. The van der Waals surface area contributed by atoms with Crippen molar-refractivity contribution in [3.05, 3.63) is 0 Å². The fraction of sp³-hybridized carbons (Fsp3) is 0.750. The van der Waals surface area contributed by atoms with Crippen LogP contribution >= 0.6 is 0 Å². The van der Waals surface area contributed by atoms with Gasteiger partial charge in [0, 0.05) is 6.42 Å². The summed E-state index contributed by atoms with van der Waals surface area (Å²) >= 11 is 1.06. The van der Waals surface area contributed by atoms with Gasteiger partial charge in [-0.1, -0.05) is 6.92 Å². The van der Waals surface area contributed by atoms with Crippen LogP contribution < -0.4 is 0 Å². The fourth-order valence-corrected chi connectivity index (χ4v) is 0.214. The van der Waals surface area contributed by atoms with Gasteiger partial charge in [-0.05, 0) is 6.42 Å². The van der Waals surface area contributed by atoms with E-state index >= 15 is 0 Å². The van der Waals surface area contributed by atoms with E-state index in [4.69, 9.17) is 8.78 Å². The SMILES string of the molecule is CCCC(=O)O.[O]=[V]. The Morgan fingerprint density at radius 3 is 2.00 bits per heavy atom. The Hall–Kier alpha value is -0.146. The number of carboxylic acid groups (broad SMARTS) is 1. The summed E-state index contributed by atoms with van der Waals surface area (Å²) in [4.78, 5) is 9.60. The van der Waals surface area contributed by atoms with Crippen molar-refractivity contribution in [2.45, 2.75) is 19.8 Å². The molecule has 0 aliphatic heterocycles. The van der Waals surface area contributed by atoms with Crippen LogP contribution in [0.5, 0.6) is 0 Å².